The molecule has 96 valence electrons. The van der Waals surface area contributed by atoms with Crippen molar-refractivity contribution in [2.24, 2.45) is 0 Å². The summed E-state index contributed by atoms with van der Waals surface area (Å²) in [6.45, 7) is 10.4. The predicted molar refractivity (Wildman–Crippen MR) is 73.2 cm³/mol. The minimum absolute atomic E-state index is 0.182. The molecular formula is C16H20O2. The van der Waals surface area contributed by atoms with Crippen molar-refractivity contribution in [2.45, 2.75) is 31.7 Å². The number of hydrogen-bond acceptors (Lipinski definition) is 2. The van der Waals surface area contributed by atoms with Gasteiger partial charge in [-0.3, -0.25) is 0 Å². The second-order valence-corrected chi connectivity index (χ2v) is 4.71. The highest BCUT2D eigenvalue weighted by molar-refractivity contribution is 5.31. The van der Waals surface area contributed by atoms with Gasteiger partial charge in [0, 0.05) is 6.42 Å². The van der Waals surface area contributed by atoms with Crippen molar-refractivity contribution in [1.82, 2.24) is 0 Å². The Balaban J connectivity index is 2.18. The van der Waals surface area contributed by atoms with Crippen LogP contribution in [0.25, 0.3) is 0 Å². The number of benzene rings is 1. The molecule has 1 fully saturated rings. The number of hydrogen-bond donors (Lipinski definition) is 0. The first-order chi connectivity index (χ1) is 8.66. The summed E-state index contributed by atoms with van der Waals surface area (Å²) in [6, 6.07) is 10.2. The zero-order valence-corrected chi connectivity index (χ0v) is 10.9. The second-order valence-electron chi connectivity index (χ2n) is 4.71. The third-order valence-electron chi connectivity index (χ3n) is 3.45. The summed E-state index contributed by atoms with van der Waals surface area (Å²) in [7, 11) is 0. The quantitative estimate of drug-likeness (QED) is 0.750. The molecular weight excluding hydrogens is 224 g/mol. The molecule has 2 unspecified atom stereocenters. The molecule has 0 N–H and O–H groups in total. The highest BCUT2D eigenvalue weighted by Crippen LogP contribution is 2.40. The highest BCUT2D eigenvalue weighted by Gasteiger charge is 2.37. The standard InChI is InChI=1S/C16H20O2/c1-4-12-17-15-11-10-13(2)16(3,18-15)14-8-6-5-7-9-14/h4-9,15H,1-2,10-12H2,3H3. The Morgan fingerprint density at radius 3 is 2.83 bits per heavy atom. The van der Waals surface area contributed by atoms with Gasteiger partial charge in [0.05, 0.1) is 6.61 Å². The van der Waals surface area contributed by atoms with Crippen molar-refractivity contribution in [3.8, 4) is 0 Å². The van der Waals surface area contributed by atoms with Crippen LogP contribution in [0.1, 0.15) is 25.3 Å². The molecule has 0 spiro atoms. The molecule has 2 atom stereocenters. The molecule has 2 rings (SSSR count). The molecule has 0 aromatic heterocycles. The summed E-state index contributed by atoms with van der Waals surface area (Å²) in [5.74, 6) is 0. The van der Waals surface area contributed by atoms with Crippen LogP contribution >= 0.6 is 0 Å². The molecule has 1 saturated heterocycles. The lowest BCUT2D eigenvalue weighted by Gasteiger charge is -2.40. The second kappa shape index (κ2) is 5.51. The average Bonchev–Trinajstić information content (AvgIpc) is 2.41. The van der Waals surface area contributed by atoms with Gasteiger partial charge in [-0.05, 0) is 24.5 Å². The lowest BCUT2D eigenvalue weighted by Crippen LogP contribution is -2.38. The summed E-state index contributed by atoms with van der Waals surface area (Å²) < 4.78 is 11.7. The summed E-state index contributed by atoms with van der Waals surface area (Å²) in [5, 5.41) is 0. The first-order valence-corrected chi connectivity index (χ1v) is 6.31. The Kier molecular flexibility index (Phi) is 4.00. The Morgan fingerprint density at radius 1 is 1.44 bits per heavy atom. The van der Waals surface area contributed by atoms with Crippen LogP contribution in [0.15, 0.2) is 55.1 Å². The molecule has 18 heavy (non-hydrogen) atoms. The van der Waals surface area contributed by atoms with Crippen LogP contribution in [0.2, 0.25) is 0 Å². The van der Waals surface area contributed by atoms with Gasteiger partial charge >= 0.3 is 0 Å². The van der Waals surface area contributed by atoms with E-state index < -0.39 is 5.60 Å². The molecule has 0 bridgehead atoms. The van der Waals surface area contributed by atoms with Crippen molar-refractivity contribution in [3.05, 3.63) is 60.7 Å². The molecule has 1 aromatic rings. The molecule has 2 nitrogen and oxygen atoms in total. The molecule has 0 amide bonds. The SMILES string of the molecule is C=CCOC1CCC(=C)C(C)(c2ccccc2)O1. The van der Waals surface area contributed by atoms with Crippen molar-refractivity contribution in [2.75, 3.05) is 6.61 Å². The van der Waals surface area contributed by atoms with Gasteiger partial charge in [-0.15, -0.1) is 6.58 Å². The van der Waals surface area contributed by atoms with E-state index in [0.717, 1.165) is 24.0 Å². The van der Waals surface area contributed by atoms with Gasteiger partial charge in [-0.2, -0.15) is 0 Å². The summed E-state index contributed by atoms with van der Waals surface area (Å²) >= 11 is 0. The monoisotopic (exact) mass is 244 g/mol. The summed E-state index contributed by atoms with van der Waals surface area (Å²) in [5.41, 5.74) is 1.78. The third kappa shape index (κ3) is 2.55. The van der Waals surface area contributed by atoms with Crippen LogP contribution in [-0.4, -0.2) is 12.9 Å². The number of ether oxygens (including phenoxy) is 2. The Hall–Kier alpha value is -1.38. The van der Waals surface area contributed by atoms with Crippen LogP contribution in [0, 0.1) is 0 Å². The van der Waals surface area contributed by atoms with Gasteiger partial charge in [-0.25, -0.2) is 0 Å². The molecule has 1 aliphatic rings. The van der Waals surface area contributed by atoms with Crippen LogP contribution in [0.5, 0.6) is 0 Å². The van der Waals surface area contributed by atoms with E-state index in [0.29, 0.717) is 6.61 Å². The Morgan fingerprint density at radius 2 is 2.17 bits per heavy atom. The van der Waals surface area contributed by atoms with Crippen LogP contribution in [0.3, 0.4) is 0 Å². The molecule has 0 aliphatic carbocycles. The summed E-state index contributed by atoms with van der Waals surface area (Å²) in [6.07, 6.45) is 3.34. The minimum Gasteiger partial charge on any atom is -0.349 e. The van der Waals surface area contributed by atoms with Crippen LogP contribution < -0.4 is 0 Å². The van der Waals surface area contributed by atoms with E-state index in [9.17, 15) is 0 Å². The molecule has 0 radical (unpaired) electrons. The van der Waals surface area contributed by atoms with Crippen molar-refractivity contribution < 1.29 is 9.47 Å². The first kappa shape index (κ1) is 13.1. The van der Waals surface area contributed by atoms with Gasteiger partial charge in [0.25, 0.3) is 0 Å². The molecule has 0 saturated carbocycles. The fourth-order valence-corrected chi connectivity index (χ4v) is 2.26. The lowest BCUT2D eigenvalue weighted by atomic mass is 9.84. The minimum atomic E-state index is -0.453. The van der Waals surface area contributed by atoms with Gasteiger partial charge in [-0.1, -0.05) is 43.0 Å². The van der Waals surface area contributed by atoms with Crippen molar-refractivity contribution in [3.63, 3.8) is 0 Å². The molecule has 1 aromatic carbocycles. The van der Waals surface area contributed by atoms with Crippen LogP contribution in [-0.2, 0) is 15.1 Å². The zero-order valence-electron chi connectivity index (χ0n) is 10.9. The van der Waals surface area contributed by atoms with Gasteiger partial charge in [0.2, 0.25) is 0 Å². The zero-order chi connectivity index (χ0) is 13.0. The normalized spacial score (nSPS) is 28.1. The Bertz CT molecular complexity index is 422. The van der Waals surface area contributed by atoms with E-state index in [2.05, 4.69) is 32.2 Å². The summed E-state index contributed by atoms with van der Waals surface area (Å²) in [4.78, 5) is 0. The smallest absolute Gasteiger partial charge is 0.159 e. The number of rotatable bonds is 4. The van der Waals surface area contributed by atoms with Crippen LogP contribution in [0.4, 0.5) is 0 Å². The van der Waals surface area contributed by atoms with E-state index in [-0.39, 0.29) is 6.29 Å². The maximum atomic E-state index is 6.10. The van der Waals surface area contributed by atoms with E-state index in [1.807, 2.05) is 18.2 Å². The Labute approximate surface area is 109 Å². The van der Waals surface area contributed by atoms with Crippen molar-refractivity contribution in [1.29, 1.82) is 0 Å². The average molecular weight is 244 g/mol. The van der Waals surface area contributed by atoms with Crippen molar-refractivity contribution >= 4 is 0 Å². The highest BCUT2D eigenvalue weighted by atomic mass is 16.7. The fourth-order valence-electron chi connectivity index (χ4n) is 2.26. The maximum absolute atomic E-state index is 6.10. The fraction of sp³-hybridized carbons (Fsp3) is 0.375. The molecule has 1 heterocycles. The van der Waals surface area contributed by atoms with E-state index in [1.54, 1.807) is 6.08 Å². The van der Waals surface area contributed by atoms with E-state index >= 15 is 0 Å². The first-order valence-electron chi connectivity index (χ1n) is 6.31. The largest absolute Gasteiger partial charge is 0.349 e. The van der Waals surface area contributed by atoms with Gasteiger partial charge in [0.1, 0.15) is 5.60 Å². The predicted octanol–water partition coefficient (Wildman–Crippen LogP) is 3.80. The maximum Gasteiger partial charge on any atom is 0.159 e. The molecule has 1 aliphatic heterocycles. The lowest BCUT2D eigenvalue weighted by molar-refractivity contribution is -0.210. The van der Waals surface area contributed by atoms with E-state index in [1.165, 1.54) is 0 Å². The third-order valence-corrected chi connectivity index (χ3v) is 3.45. The van der Waals surface area contributed by atoms with Gasteiger partial charge in [0.15, 0.2) is 6.29 Å². The topological polar surface area (TPSA) is 18.5 Å². The van der Waals surface area contributed by atoms with Gasteiger partial charge < -0.3 is 9.47 Å². The van der Waals surface area contributed by atoms with E-state index in [4.69, 9.17) is 9.47 Å². The molecule has 2 heteroatoms.